The molecule has 0 unspecified atom stereocenters. The minimum absolute atomic E-state index is 0.464. The van der Waals surface area contributed by atoms with E-state index < -0.39 is 0 Å². The Labute approximate surface area is 108 Å². The maximum Gasteiger partial charge on any atom is 0.126 e. The molecule has 2 rings (SSSR count). The van der Waals surface area contributed by atoms with Crippen molar-refractivity contribution in [2.45, 2.75) is 46.8 Å². The SMILES string of the molecule is Cc1cc(Cn2nccc2C)oc1CNC(C)C. The van der Waals surface area contributed by atoms with Gasteiger partial charge in [-0.25, -0.2) is 0 Å². The maximum atomic E-state index is 5.87. The van der Waals surface area contributed by atoms with E-state index in [0.29, 0.717) is 12.6 Å². The largest absolute Gasteiger partial charge is 0.462 e. The minimum Gasteiger partial charge on any atom is -0.462 e. The molecule has 0 aliphatic rings. The van der Waals surface area contributed by atoms with Crippen LogP contribution >= 0.6 is 0 Å². The van der Waals surface area contributed by atoms with E-state index in [1.165, 1.54) is 5.56 Å². The van der Waals surface area contributed by atoms with Gasteiger partial charge in [0.2, 0.25) is 0 Å². The lowest BCUT2D eigenvalue weighted by atomic mass is 10.2. The second kappa shape index (κ2) is 5.40. The number of aromatic nitrogens is 2. The molecular weight excluding hydrogens is 226 g/mol. The van der Waals surface area contributed by atoms with Crippen molar-refractivity contribution in [3.05, 3.63) is 41.1 Å². The van der Waals surface area contributed by atoms with E-state index >= 15 is 0 Å². The molecule has 0 amide bonds. The van der Waals surface area contributed by atoms with Gasteiger partial charge in [0.25, 0.3) is 0 Å². The van der Waals surface area contributed by atoms with Gasteiger partial charge >= 0.3 is 0 Å². The summed E-state index contributed by atoms with van der Waals surface area (Å²) in [5, 5.41) is 7.64. The molecule has 0 atom stereocenters. The van der Waals surface area contributed by atoms with Crippen LogP contribution in [-0.4, -0.2) is 15.8 Å². The van der Waals surface area contributed by atoms with Crippen LogP contribution in [0.4, 0.5) is 0 Å². The number of furan rings is 1. The second-order valence-electron chi connectivity index (χ2n) is 4.98. The van der Waals surface area contributed by atoms with Crippen molar-refractivity contribution in [1.82, 2.24) is 15.1 Å². The topological polar surface area (TPSA) is 43.0 Å². The number of hydrogen-bond acceptors (Lipinski definition) is 3. The summed E-state index contributed by atoms with van der Waals surface area (Å²) in [5.41, 5.74) is 2.34. The van der Waals surface area contributed by atoms with E-state index in [2.05, 4.69) is 37.3 Å². The molecule has 2 heterocycles. The number of nitrogens with zero attached hydrogens (tertiary/aromatic N) is 2. The average Bonchev–Trinajstić information content (AvgIpc) is 2.84. The number of nitrogens with one attached hydrogen (secondary N) is 1. The lowest BCUT2D eigenvalue weighted by molar-refractivity contribution is 0.418. The van der Waals surface area contributed by atoms with Crippen molar-refractivity contribution in [2.75, 3.05) is 0 Å². The summed E-state index contributed by atoms with van der Waals surface area (Å²) in [4.78, 5) is 0. The Balaban J connectivity index is 2.07. The van der Waals surface area contributed by atoms with Gasteiger partial charge in [0, 0.05) is 17.9 Å². The summed E-state index contributed by atoms with van der Waals surface area (Å²) < 4.78 is 7.81. The van der Waals surface area contributed by atoms with Crippen LogP contribution in [0.5, 0.6) is 0 Å². The Kier molecular flexibility index (Phi) is 3.87. The van der Waals surface area contributed by atoms with Crippen LogP contribution in [0.1, 0.15) is 36.6 Å². The Morgan fingerprint density at radius 2 is 2.17 bits per heavy atom. The molecule has 18 heavy (non-hydrogen) atoms. The fourth-order valence-electron chi connectivity index (χ4n) is 1.85. The van der Waals surface area contributed by atoms with Crippen LogP contribution in [0.25, 0.3) is 0 Å². The molecule has 0 fully saturated rings. The fourth-order valence-corrected chi connectivity index (χ4v) is 1.85. The molecule has 0 aliphatic carbocycles. The first-order valence-corrected chi connectivity index (χ1v) is 6.36. The molecule has 0 saturated carbocycles. The van der Waals surface area contributed by atoms with Gasteiger partial charge in [-0.05, 0) is 31.5 Å². The molecule has 0 aromatic carbocycles. The van der Waals surface area contributed by atoms with E-state index in [1.54, 1.807) is 0 Å². The van der Waals surface area contributed by atoms with E-state index in [1.807, 2.05) is 23.9 Å². The Hall–Kier alpha value is -1.55. The summed E-state index contributed by atoms with van der Waals surface area (Å²) in [6, 6.07) is 4.56. The van der Waals surface area contributed by atoms with E-state index in [0.717, 1.165) is 23.8 Å². The zero-order valence-corrected chi connectivity index (χ0v) is 11.5. The second-order valence-corrected chi connectivity index (χ2v) is 4.98. The van der Waals surface area contributed by atoms with E-state index in [-0.39, 0.29) is 0 Å². The van der Waals surface area contributed by atoms with Gasteiger partial charge in [-0.1, -0.05) is 13.8 Å². The highest BCUT2D eigenvalue weighted by Crippen LogP contribution is 2.16. The van der Waals surface area contributed by atoms with Crippen LogP contribution in [0.2, 0.25) is 0 Å². The predicted molar refractivity (Wildman–Crippen MR) is 71.5 cm³/mol. The lowest BCUT2D eigenvalue weighted by Gasteiger charge is -2.06. The Morgan fingerprint density at radius 3 is 2.78 bits per heavy atom. The highest BCUT2D eigenvalue weighted by Gasteiger charge is 2.09. The molecule has 98 valence electrons. The zero-order valence-electron chi connectivity index (χ0n) is 11.5. The number of aryl methyl sites for hydroxylation is 2. The third-order valence-corrected chi connectivity index (χ3v) is 2.98. The Bertz CT molecular complexity index is 511. The summed E-state index contributed by atoms with van der Waals surface area (Å²) in [7, 11) is 0. The first-order chi connectivity index (χ1) is 8.56. The molecule has 0 spiro atoms. The third kappa shape index (κ3) is 3.01. The summed E-state index contributed by atoms with van der Waals surface area (Å²) in [6.45, 7) is 9.87. The molecule has 4 heteroatoms. The van der Waals surface area contributed by atoms with Crippen LogP contribution < -0.4 is 5.32 Å². The van der Waals surface area contributed by atoms with E-state index in [9.17, 15) is 0 Å². The van der Waals surface area contributed by atoms with Crippen LogP contribution in [-0.2, 0) is 13.1 Å². The van der Waals surface area contributed by atoms with Gasteiger partial charge in [-0.2, -0.15) is 5.10 Å². The van der Waals surface area contributed by atoms with Gasteiger partial charge < -0.3 is 9.73 Å². The first-order valence-electron chi connectivity index (χ1n) is 6.36. The smallest absolute Gasteiger partial charge is 0.126 e. The molecular formula is C14H21N3O. The molecule has 0 bridgehead atoms. The highest BCUT2D eigenvalue weighted by molar-refractivity contribution is 5.20. The van der Waals surface area contributed by atoms with Crippen LogP contribution in [0.3, 0.4) is 0 Å². The normalized spacial score (nSPS) is 11.4. The molecule has 0 aliphatic heterocycles. The molecule has 0 saturated heterocycles. The minimum atomic E-state index is 0.464. The third-order valence-electron chi connectivity index (χ3n) is 2.98. The molecule has 2 aromatic rings. The van der Waals surface area contributed by atoms with Crippen molar-refractivity contribution in [3.8, 4) is 0 Å². The zero-order chi connectivity index (χ0) is 13.1. The fraction of sp³-hybridized carbons (Fsp3) is 0.500. The van der Waals surface area contributed by atoms with E-state index in [4.69, 9.17) is 4.42 Å². The van der Waals surface area contributed by atoms with Crippen molar-refractivity contribution in [3.63, 3.8) is 0 Å². The van der Waals surface area contributed by atoms with Crippen molar-refractivity contribution in [2.24, 2.45) is 0 Å². The standard InChI is InChI=1S/C14H21N3O/c1-10(2)15-8-14-11(3)7-13(18-14)9-17-12(4)5-6-16-17/h5-7,10,15H,8-9H2,1-4H3. The predicted octanol–water partition coefficient (Wildman–Crippen LogP) is 2.64. The molecule has 2 aromatic heterocycles. The monoisotopic (exact) mass is 247 g/mol. The first kappa shape index (κ1) is 12.9. The molecule has 1 N–H and O–H groups in total. The lowest BCUT2D eigenvalue weighted by Crippen LogP contribution is -2.21. The summed E-state index contributed by atoms with van der Waals surface area (Å²) in [5.74, 6) is 1.98. The Morgan fingerprint density at radius 1 is 1.39 bits per heavy atom. The van der Waals surface area contributed by atoms with Crippen LogP contribution in [0.15, 0.2) is 22.7 Å². The number of hydrogen-bond donors (Lipinski definition) is 1. The maximum absolute atomic E-state index is 5.87. The quantitative estimate of drug-likeness (QED) is 0.883. The van der Waals surface area contributed by atoms with Gasteiger partial charge in [-0.15, -0.1) is 0 Å². The highest BCUT2D eigenvalue weighted by atomic mass is 16.3. The summed E-state index contributed by atoms with van der Waals surface area (Å²) in [6.07, 6.45) is 1.81. The van der Waals surface area contributed by atoms with Crippen LogP contribution in [0, 0.1) is 13.8 Å². The van der Waals surface area contributed by atoms with Crippen molar-refractivity contribution >= 4 is 0 Å². The van der Waals surface area contributed by atoms with Gasteiger partial charge in [0.15, 0.2) is 0 Å². The van der Waals surface area contributed by atoms with Crippen molar-refractivity contribution < 1.29 is 4.42 Å². The van der Waals surface area contributed by atoms with Gasteiger partial charge in [-0.3, -0.25) is 4.68 Å². The molecule has 0 radical (unpaired) electrons. The van der Waals surface area contributed by atoms with Crippen molar-refractivity contribution in [1.29, 1.82) is 0 Å². The molecule has 4 nitrogen and oxygen atoms in total. The van der Waals surface area contributed by atoms with Gasteiger partial charge in [0.05, 0.1) is 13.1 Å². The average molecular weight is 247 g/mol. The summed E-state index contributed by atoms with van der Waals surface area (Å²) >= 11 is 0. The number of rotatable bonds is 5. The van der Waals surface area contributed by atoms with Gasteiger partial charge in [0.1, 0.15) is 11.5 Å².